The molecule has 1 heterocycles. The van der Waals surface area contributed by atoms with Crippen molar-refractivity contribution in [3.8, 4) is 0 Å². The van der Waals surface area contributed by atoms with E-state index in [4.69, 9.17) is 0 Å². The van der Waals surface area contributed by atoms with Crippen LogP contribution in [0.2, 0.25) is 0 Å². The Morgan fingerprint density at radius 3 is 2.58 bits per heavy atom. The normalized spacial score (nSPS) is 12.9. The Bertz CT molecular complexity index is 235. The lowest BCUT2D eigenvalue weighted by Crippen LogP contribution is -2.24. The smallest absolute Gasteiger partial charge is 0.129 e. The van der Waals surface area contributed by atoms with Crippen LogP contribution < -0.4 is 5.32 Å². The third-order valence-electron chi connectivity index (χ3n) is 1.66. The number of aromatic nitrogens is 2. The number of nitrogens with zero attached hydrogens (tertiary/aromatic N) is 2. The molecule has 0 bridgehead atoms. The second-order valence-corrected chi connectivity index (χ2v) is 3.63. The van der Waals surface area contributed by atoms with Gasteiger partial charge in [-0.2, -0.15) is 0 Å². The maximum Gasteiger partial charge on any atom is 0.129 e. The first-order chi connectivity index (χ1) is 5.72. The van der Waals surface area contributed by atoms with Gasteiger partial charge in [-0.3, -0.25) is 0 Å². The van der Waals surface area contributed by atoms with Gasteiger partial charge in [0.25, 0.3) is 0 Å². The zero-order valence-electron chi connectivity index (χ0n) is 7.21. The molecule has 1 aromatic rings. The largest absolute Gasteiger partial charge is 0.317 e. The predicted octanol–water partition coefficient (Wildman–Crippen LogP) is 1.39. The topological polar surface area (TPSA) is 37.8 Å². The van der Waals surface area contributed by atoms with Crippen molar-refractivity contribution >= 4 is 15.9 Å². The molecule has 1 rings (SSSR count). The molecule has 0 spiro atoms. The number of halogens is 1. The van der Waals surface area contributed by atoms with Gasteiger partial charge >= 0.3 is 0 Å². The van der Waals surface area contributed by atoms with Crippen molar-refractivity contribution in [2.24, 2.45) is 0 Å². The fourth-order valence-electron chi connectivity index (χ4n) is 0.820. The van der Waals surface area contributed by atoms with E-state index >= 15 is 0 Å². The molecule has 0 amide bonds. The first-order valence-corrected chi connectivity index (χ1v) is 4.65. The molecule has 0 aliphatic carbocycles. The minimum Gasteiger partial charge on any atom is -0.317 e. The first-order valence-electron chi connectivity index (χ1n) is 3.86. The molecule has 1 aromatic heterocycles. The van der Waals surface area contributed by atoms with Crippen molar-refractivity contribution < 1.29 is 0 Å². The highest BCUT2D eigenvalue weighted by Crippen LogP contribution is 2.05. The molecule has 0 saturated heterocycles. The minimum atomic E-state index is 0.422. The summed E-state index contributed by atoms with van der Waals surface area (Å²) in [6.45, 7) is 2.10. The average molecular weight is 230 g/mol. The SMILES string of the molecule is CNC(C)Cc1ncc(Br)cn1. The van der Waals surface area contributed by atoms with E-state index in [1.165, 1.54) is 0 Å². The highest BCUT2D eigenvalue weighted by atomic mass is 79.9. The molecule has 1 atom stereocenters. The lowest BCUT2D eigenvalue weighted by molar-refractivity contribution is 0.590. The molecule has 12 heavy (non-hydrogen) atoms. The van der Waals surface area contributed by atoms with Gasteiger partial charge in [-0.15, -0.1) is 0 Å². The lowest BCUT2D eigenvalue weighted by Gasteiger charge is -2.07. The van der Waals surface area contributed by atoms with Crippen LogP contribution in [0.15, 0.2) is 16.9 Å². The highest BCUT2D eigenvalue weighted by Gasteiger charge is 2.01. The van der Waals surface area contributed by atoms with Crippen molar-refractivity contribution in [2.45, 2.75) is 19.4 Å². The summed E-state index contributed by atoms with van der Waals surface area (Å²) in [6, 6.07) is 0.422. The molecule has 66 valence electrons. The number of hydrogen-bond acceptors (Lipinski definition) is 3. The minimum absolute atomic E-state index is 0.422. The molecule has 0 aromatic carbocycles. The highest BCUT2D eigenvalue weighted by molar-refractivity contribution is 9.10. The van der Waals surface area contributed by atoms with Crippen LogP contribution in [-0.2, 0) is 6.42 Å². The lowest BCUT2D eigenvalue weighted by atomic mass is 10.2. The van der Waals surface area contributed by atoms with E-state index in [0.717, 1.165) is 16.7 Å². The number of rotatable bonds is 3. The molecule has 0 radical (unpaired) electrons. The molecular formula is C8H12BrN3. The van der Waals surface area contributed by atoms with Crippen molar-refractivity contribution in [2.75, 3.05) is 7.05 Å². The fraction of sp³-hybridized carbons (Fsp3) is 0.500. The second kappa shape index (κ2) is 4.52. The van der Waals surface area contributed by atoms with Crippen molar-refractivity contribution in [1.29, 1.82) is 0 Å². The van der Waals surface area contributed by atoms with E-state index < -0.39 is 0 Å². The van der Waals surface area contributed by atoms with Gasteiger partial charge in [0.05, 0.1) is 4.47 Å². The predicted molar refractivity (Wildman–Crippen MR) is 52.0 cm³/mol. The summed E-state index contributed by atoms with van der Waals surface area (Å²) in [4.78, 5) is 8.34. The summed E-state index contributed by atoms with van der Waals surface area (Å²) in [5, 5.41) is 3.14. The number of hydrogen-bond donors (Lipinski definition) is 1. The Kier molecular flexibility index (Phi) is 3.62. The van der Waals surface area contributed by atoms with Crippen LogP contribution >= 0.6 is 15.9 Å². The molecule has 4 heteroatoms. The van der Waals surface area contributed by atoms with Gasteiger partial charge in [0, 0.05) is 24.9 Å². The third-order valence-corrected chi connectivity index (χ3v) is 2.06. The van der Waals surface area contributed by atoms with Crippen LogP contribution in [-0.4, -0.2) is 23.1 Å². The Morgan fingerprint density at radius 1 is 1.50 bits per heavy atom. The van der Waals surface area contributed by atoms with Crippen LogP contribution in [0, 0.1) is 0 Å². The Hall–Kier alpha value is -0.480. The second-order valence-electron chi connectivity index (χ2n) is 2.71. The summed E-state index contributed by atoms with van der Waals surface area (Å²) in [6.07, 6.45) is 4.40. The molecule has 0 aliphatic heterocycles. The number of likely N-dealkylation sites (N-methyl/N-ethyl adjacent to an activating group) is 1. The van der Waals surface area contributed by atoms with Crippen LogP contribution in [0.4, 0.5) is 0 Å². The molecule has 1 N–H and O–H groups in total. The van der Waals surface area contributed by atoms with Crippen LogP contribution in [0.25, 0.3) is 0 Å². The molecule has 1 unspecified atom stereocenters. The van der Waals surface area contributed by atoms with Gasteiger partial charge < -0.3 is 5.32 Å². The average Bonchev–Trinajstić information content (AvgIpc) is 2.09. The van der Waals surface area contributed by atoms with E-state index in [0.29, 0.717) is 6.04 Å². The van der Waals surface area contributed by atoms with Crippen molar-refractivity contribution in [1.82, 2.24) is 15.3 Å². The molecular weight excluding hydrogens is 218 g/mol. The number of nitrogens with one attached hydrogen (secondary N) is 1. The molecule has 0 saturated carbocycles. The quantitative estimate of drug-likeness (QED) is 0.852. The van der Waals surface area contributed by atoms with E-state index in [1.807, 2.05) is 7.05 Å². The van der Waals surface area contributed by atoms with Gasteiger partial charge in [-0.05, 0) is 29.9 Å². The molecule has 0 fully saturated rings. The van der Waals surface area contributed by atoms with Crippen LogP contribution in [0.3, 0.4) is 0 Å². The molecule has 0 aliphatic rings. The summed E-state index contributed by atoms with van der Waals surface area (Å²) in [7, 11) is 1.93. The Morgan fingerprint density at radius 2 is 2.08 bits per heavy atom. The summed E-state index contributed by atoms with van der Waals surface area (Å²) in [5.41, 5.74) is 0. The zero-order valence-corrected chi connectivity index (χ0v) is 8.80. The van der Waals surface area contributed by atoms with Gasteiger partial charge in [0.2, 0.25) is 0 Å². The van der Waals surface area contributed by atoms with Gasteiger partial charge in [0.1, 0.15) is 5.82 Å². The van der Waals surface area contributed by atoms with E-state index in [9.17, 15) is 0 Å². The van der Waals surface area contributed by atoms with Gasteiger partial charge in [-0.25, -0.2) is 9.97 Å². The summed E-state index contributed by atoms with van der Waals surface area (Å²) >= 11 is 3.29. The zero-order chi connectivity index (χ0) is 8.97. The maximum absolute atomic E-state index is 4.17. The van der Waals surface area contributed by atoms with Crippen molar-refractivity contribution in [3.05, 3.63) is 22.7 Å². The van der Waals surface area contributed by atoms with Crippen LogP contribution in [0.1, 0.15) is 12.7 Å². The van der Waals surface area contributed by atoms with Crippen molar-refractivity contribution in [3.63, 3.8) is 0 Å². The third kappa shape index (κ3) is 2.87. The van der Waals surface area contributed by atoms with Crippen LogP contribution in [0.5, 0.6) is 0 Å². The Balaban J connectivity index is 2.58. The monoisotopic (exact) mass is 229 g/mol. The van der Waals surface area contributed by atoms with E-state index in [1.54, 1.807) is 12.4 Å². The Labute approximate surface area is 80.7 Å². The maximum atomic E-state index is 4.17. The van der Waals surface area contributed by atoms with E-state index in [2.05, 4.69) is 38.1 Å². The van der Waals surface area contributed by atoms with Gasteiger partial charge in [-0.1, -0.05) is 0 Å². The standard InChI is InChI=1S/C8H12BrN3/c1-6(10-2)3-8-11-4-7(9)5-12-8/h4-6,10H,3H2,1-2H3. The fourth-order valence-corrected chi connectivity index (χ4v) is 1.03. The first kappa shape index (κ1) is 9.61. The van der Waals surface area contributed by atoms with Gasteiger partial charge in [0.15, 0.2) is 0 Å². The summed E-state index contributed by atoms with van der Waals surface area (Å²) in [5.74, 6) is 0.875. The van der Waals surface area contributed by atoms with E-state index in [-0.39, 0.29) is 0 Å². The molecule has 3 nitrogen and oxygen atoms in total. The summed E-state index contributed by atoms with van der Waals surface area (Å²) < 4.78 is 0.920.